The van der Waals surface area contributed by atoms with Crippen LogP contribution >= 0.6 is 0 Å². The molecule has 0 aliphatic carbocycles. The van der Waals surface area contributed by atoms with Crippen LogP contribution in [-0.2, 0) is 9.57 Å². The van der Waals surface area contributed by atoms with E-state index >= 15 is 0 Å². The molecule has 0 spiro atoms. The van der Waals surface area contributed by atoms with Crippen molar-refractivity contribution in [1.29, 1.82) is 5.26 Å². The first-order valence-corrected chi connectivity index (χ1v) is 9.76. The lowest BCUT2D eigenvalue weighted by molar-refractivity contribution is -0.0523. The van der Waals surface area contributed by atoms with Crippen LogP contribution in [-0.4, -0.2) is 52.5 Å². The largest absolute Gasteiger partial charge is 0.471 e. The normalized spacial score (nSPS) is 16.0. The van der Waals surface area contributed by atoms with E-state index in [4.69, 9.17) is 20.0 Å². The van der Waals surface area contributed by atoms with Gasteiger partial charge in [0.15, 0.2) is 5.82 Å². The molecule has 1 amide bonds. The SMILES string of the molecule is Cc1c(C#N)cccc1-c1nc(N)c(C(=O)NOCC(C)(C)O)c(O[C@H]2CCOC2)n1. The van der Waals surface area contributed by atoms with Crippen molar-refractivity contribution in [2.24, 2.45) is 0 Å². The van der Waals surface area contributed by atoms with Crippen LogP contribution in [0.3, 0.4) is 0 Å². The van der Waals surface area contributed by atoms with Crippen molar-refractivity contribution in [1.82, 2.24) is 15.4 Å². The summed E-state index contributed by atoms with van der Waals surface area (Å²) in [6.45, 7) is 5.62. The summed E-state index contributed by atoms with van der Waals surface area (Å²) < 4.78 is 11.3. The molecule has 10 heteroatoms. The molecule has 0 unspecified atom stereocenters. The van der Waals surface area contributed by atoms with E-state index in [9.17, 15) is 15.2 Å². The molecule has 1 aromatic heterocycles. The van der Waals surface area contributed by atoms with Crippen molar-refractivity contribution in [3.05, 3.63) is 34.9 Å². The van der Waals surface area contributed by atoms with Crippen LogP contribution < -0.4 is 16.0 Å². The maximum absolute atomic E-state index is 12.7. The predicted octanol–water partition coefficient (Wildman–Crippen LogP) is 1.51. The zero-order chi connectivity index (χ0) is 22.6. The molecular formula is C21H25N5O5. The minimum atomic E-state index is -1.14. The molecule has 31 heavy (non-hydrogen) atoms. The third kappa shape index (κ3) is 5.46. The minimum Gasteiger partial charge on any atom is -0.471 e. The number of hydrogen-bond donors (Lipinski definition) is 3. The summed E-state index contributed by atoms with van der Waals surface area (Å²) in [7, 11) is 0. The smallest absolute Gasteiger partial charge is 0.284 e. The van der Waals surface area contributed by atoms with Crippen LogP contribution in [0.2, 0.25) is 0 Å². The Balaban J connectivity index is 1.98. The van der Waals surface area contributed by atoms with E-state index in [0.29, 0.717) is 36.3 Å². The fourth-order valence-corrected chi connectivity index (χ4v) is 2.97. The van der Waals surface area contributed by atoms with Gasteiger partial charge in [-0.25, -0.2) is 10.5 Å². The molecule has 0 saturated carbocycles. The fraction of sp³-hybridized carbons (Fsp3) is 0.429. The standard InChI is InChI=1S/C21H25N5O5/c1-12-13(9-22)5-4-6-15(12)18-24-17(23)16(19(27)26-30-11-21(2,3)28)20(25-18)31-14-7-8-29-10-14/h4-6,14,28H,7-8,10-11H2,1-3H3,(H,26,27)(H2,23,24,25)/t14-/m0/s1. The van der Waals surface area contributed by atoms with Gasteiger partial charge in [-0.1, -0.05) is 12.1 Å². The van der Waals surface area contributed by atoms with Gasteiger partial charge in [0.2, 0.25) is 5.88 Å². The number of anilines is 1. The highest BCUT2D eigenvalue weighted by Crippen LogP contribution is 2.30. The average molecular weight is 427 g/mol. The van der Waals surface area contributed by atoms with E-state index in [-0.39, 0.29) is 35.8 Å². The number of benzene rings is 1. The van der Waals surface area contributed by atoms with Gasteiger partial charge >= 0.3 is 0 Å². The Morgan fingerprint density at radius 1 is 1.45 bits per heavy atom. The number of aromatic nitrogens is 2. The van der Waals surface area contributed by atoms with Gasteiger partial charge in [0.05, 0.1) is 30.4 Å². The molecule has 1 fully saturated rings. The topological polar surface area (TPSA) is 153 Å². The van der Waals surface area contributed by atoms with Crippen molar-refractivity contribution in [2.45, 2.75) is 38.9 Å². The van der Waals surface area contributed by atoms with Crippen LogP contribution in [0.25, 0.3) is 11.4 Å². The minimum absolute atomic E-state index is 0.0101. The molecule has 1 aromatic carbocycles. The summed E-state index contributed by atoms with van der Waals surface area (Å²) in [6.07, 6.45) is 0.343. The number of rotatable bonds is 7. The number of ether oxygens (including phenoxy) is 2. The molecule has 1 saturated heterocycles. The van der Waals surface area contributed by atoms with Crippen LogP contribution in [0, 0.1) is 18.3 Å². The monoisotopic (exact) mass is 427 g/mol. The van der Waals surface area contributed by atoms with Crippen LogP contribution in [0.4, 0.5) is 5.82 Å². The molecule has 2 heterocycles. The van der Waals surface area contributed by atoms with Crippen molar-refractivity contribution in [3.8, 4) is 23.3 Å². The summed E-state index contributed by atoms with van der Waals surface area (Å²) in [4.78, 5) is 26.5. The molecule has 3 rings (SSSR count). The molecule has 1 aliphatic heterocycles. The van der Waals surface area contributed by atoms with Gasteiger partial charge in [-0.15, -0.1) is 0 Å². The predicted molar refractivity (Wildman–Crippen MR) is 111 cm³/mol. The van der Waals surface area contributed by atoms with Crippen LogP contribution in [0.1, 0.15) is 41.8 Å². The zero-order valence-electron chi connectivity index (χ0n) is 17.6. The van der Waals surface area contributed by atoms with Crippen molar-refractivity contribution in [3.63, 3.8) is 0 Å². The van der Waals surface area contributed by atoms with E-state index in [2.05, 4.69) is 21.5 Å². The number of nitrogens with zero attached hydrogens (tertiary/aromatic N) is 3. The van der Waals surface area contributed by atoms with Crippen LogP contribution in [0.5, 0.6) is 5.88 Å². The summed E-state index contributed by atoms with van der Waals surface area (Å²) in [6, 6.07) is 7.30. The number of hydroxylamine groups is 1. The molecule has 4 N–H and O–H groups in total. The number of hydrogen-bond acceptors (Lipinski definition) is 9. The molecule has 1 aliphatic rings. The van der Waals surface area contributed by atoms with Crippen molar-refractivity contribution >= 4 is 11.7 Å². The summed E-state index contributed by atoms with van der Waals surface area (Å²) >= 11 is 0. The van der Waals surface area contributed by atoms with E-state index in [0.717, 1.165) is 0 Å². The molecule has 1 atom stereocenters. The Hall–Kier alpha value is -3.26. The lowest BCUT2D eigenvalue weighted by Crippen LogP contribution is -2.34. The molecule has 10 nitrogen and oxygen atoms in total. The van der Waals surface area contributed by atoms with Gasteiger partial charge in [0.25, 0.3) is 5.91 Å². The van der Waals surface area contributed by atoms with E-state index in [1.165, 1.54) is 13.8 Å². The highest BCUT2D eigenvalue weighted by Gasteiger charge is 2.27. The maximum Gasteiger partial charge on any atom is 0.284 e. The summed E-state index contributed by atoms with van der Waals surface area (Å²) in [5.41, 5.74) is 8.90. The fourth-order valence-electron chi connectivity index (χ4n) is 2.97. The first-order valence-electron chi connectivity index (χ1n) is 9.76. The lowest BCUT2D eigenvalue weighted by Gasteiger charge is -2.19. The Morgan fingerprint density at radius 2 is 2.23 bits per heavy atom. The second-order valence-electron chi connectivity index (χ2n) is 7.84. The number of carbonyl (C=O) groups excluding carboxylic acids is 1. The molecular weight excluding hydrogens is 402 g/mol. The van der Waals surface area contributed by atoms with Gasteiger partial charge in [-0.2, -0.15) is 10.2 Å². The molecule has 0 bridgehead atoms. The Labute approximate surface area is 179 Å². The van der Waals surface area contributed by atoms with Crippen molar-refractivity contribution in [2.75, 3.05) is 25.6 Å². The number of nitriles is 1. The summed E-state index contributed by atoms with van der Waals surface area (Å²) in [5, 5.41) is 19.1. The van der Waals surface area contributed by atoms with Gasteiger partial charge in [0.1, 0.15) is 24.1 Å². The second-order valence-corrected chi connectivity index (χ2v) is 7.84. The number of aliphatic hydroxyl groups is 1. The van der Waals surface area contributed by atoms with Crippen molar-refractivity contribution < 1.29 is 24.2 Å². The number of nitrogens with one attached hydrogen (secondary N) is 1. The number of nitrogen functional groups attached to an aromatic ring is 1. The van der Waals surface area contributed by atoms with Gasteiger partial charge in [0, 0.05) is 12.0 Å². The number of carbonyl (C=O) groups is 1. The summed E-state index contributed by atoms with van der Waals surface area (Å²) in [5.74, 6) is -0.589. The third-order valence-electron chi connectivity index (χ3n) is 4.58. The highest BCUT2D eigenvalue weighted by molar-refractivity contribution is 6.00. The Bertz CT molecular complexity index is 1010. The molecule has 2 aromatic rings. The average Bonchev–Trinajstić information content (AvgIpc) is 3.19. The van der Waals surface area contributed by atoms with Gasteiger partial charge in [-0.05, 0) is 32.4 Å². The van der Waals surface area contributed by atoms with Gasteiger partial charge < -0.3 is 20.3 Å². The van der Waals surface area contributed by atoms with E-state index < -0.39 is 11.5 Å². The second kappa shape index (κ2) is 9.26. The quantitative estimate of drug-likeness (QED) is 0.558. The maximum atomic E-state index is 12.7. The van der Waals surface area contributed by atoms with E-state index in [1.54, 1.807) is 25.1 Å². The van der Waals surface area contributed by atoms with E-state index in [1.807, 2.05) is 0 Å². The molecule has 164 valence electrons. The molecule has 0 radical (unpaired) electrons. The third-order valence-corrected chi connectivity index (χ3v) is 4.58. The van der Waals surface area contributed by atoms with Crippen LogP contribution in [0.15, 0.2) is 18.2 Å². The Kier molecular flexibility index (Phi) is 6.70. The Morgan fingerprint density at radius 3 is 2.87 bits per heavy atom. The number of amides is 1. The zero-order valence-corrected chi connectivity index (χ0v) is 17.6. The van der Waals surface area contributed by atoms with Gasteiger partial charge in [-0.3, -0.25) is 9.63 Å². The number of nitrogens with two attached hydrogens (primary N) is 1. The highest BCUT2D eigenvalue weighted by atomic mass is 16.7. The first-order chi connectivity index (χ1) is 14.7. The lowest BCUT2D eigenvalue weighted by atomic mass is 10.0. The first kappa shape index (κ1) is 22.4.